The summed E-state index contributed by atoms with van der Waals surface area (Å²) >= 11 is 3.59. The molecule has 2 unspecified atom stereocenters. The van der Waals surface area contributed by atoms with Crippen molar-refractivity contribution in [3.05, 3.63) is 69.2 Å². The van der Waals surface area contributed by atoms with Gasteiger partial charge in [0.25, 0.3) is 0 Å². The van der Waals surface area contributed by atoms with Crippen molar-refractivity contribution in [1.29, 1.82) is 5.26 Å². The van der Waals surface area contributed by atoms with Gasteiger partial charge < -0.3 is 4.74 Å². The first-order chi connectivity index (χ1) is 13.0. The smallest absolute Gasteiger partial charge is 0.216 e. The van der Waals surface area contributed by atoms with Crippen LogP contribution < -0.4 is 4.74 Å². The predicted molar refractivity (Wildman–Crippen MR) is 111 cm³/mol. The number of pyridine rings is 1. The van der Waals surface area contributed by atoms with Crippen LogP contribution in [0.15, 0.2) is 46.9 Å². The fourth-order valence-electron chi connectivity index (χ4n) is 4.30. The van der Waals surface area contributed by atoms with Crippen LogP contribution in [0.1, 0.15) is 41.5 Å². The predicted octanol–water partition coefficient (Wildman–Crippen LogP) is 5.83. The fraction of sp³-hybridized carbons (Fsp3) is 0.304. The van der Waals surface area contributed by atoms with Crippen molar-refractivity contribution in [2.45, 2.75) is 38.0 Å². The molecule has 1 heterocycles. The Labute approximate surface area is 168 Å². The first-order valence-electron chi connectivity index (χ1n) is 9.11. The summed E-state index contributed by atoms with van der Waals surface area (Å²) in [5.41, 5.74) is 4.90. The second-order valence-corrected chi connectivity index (χ2v) is 8.39. The van der Waals surface area contributed by atoms with E-state index in [1.54, 1.807) is 7.11 Å². The summed E-state index contributed by atoms with van der Waals surface area (Å²) in [6.07, 6.45) is 2.00. The maximum atomic E-state index is 10.2. The molecule has 3 aromatic rings. The molecule has 0 saturated carbocycles. The van der Waals surface area contributed by atoms with Crippen molar-refractivity contribution in [2.75, 3.05) is 7.11 Å². The Hall–Kier alpha value is -2.38. The maximum absolute atomic E-state index is 10.2. The summed E-state index contributed by atoms with van der Waals surface area (Å²) in [6, 6.07) is 17.3. The molecule has 1 aliphatic rings. The van der Waals surface area contributed by atoms with E-state index in [9.17, 15) is 5.26 Å². The molecule has 0 N–H and O–H groups in total. The Morgan fingerprint density at radius 2 is 2.04 bits per heavy atom. The Balaban J connectivity index is 1.84. The van der Waals surface area contributed by atoms with Crippen molar-refractivity contribution in [1.82, 2.24) is 4.98 Å². The lowest BCUT2D eigenvalue weighted by atomic mass is 9.70. The Morgan fingerprint density at radius 1 is 1.22 bits per heavy atom. The van der Waals surface area contributed by atoms with Gasteiger partial charge in [-0.05, 0) is 67.6 Å². The van der Waals surface area contributed by atoms with Crippen molar-refractivity contribution in [3.8, 4) is 11.9 Å². The first kappa shape index (κ1) is 18.0. The molecule has 2 aromatic carbocycles. The molecule has 1 aromatic heterocycles. The van der Waals surface area contributed by atoms with E-state index in [2.05, 4.69) is 76.4 Å². The SMILES string of the molecule is COc1nc2cc(C(C)(C#N)C3CCc4ccc(Br)cc43)ccc2cc1C. The molecule has 4 heteroatoms. The minimum atomic E-state index is -0.611. The number of nitrogens with zero attached hydrogens (tertiary/aromatic N) is 2. The zero-order valence-corrected chi connectivity index (χ0v) is 17.3. The molecule has 0 spiro atoms. The average molecular weight is 421 g/mol. The van der Waals surface area contributed by atoms with Crippen molar-refractivity contribution in [3.63, 3.8) is 0 Å². The molecule has 0 saturated heterocycles. The molecular weight excluding hydrogens is 400 g/mol. The molecule has 2 atom stereocenters. The number of fused-ring (bicyclic) bond motifs is 2. The summed E-state index contributed by atoms with van der Waals surface area (Å²) in [5, 5.41) is 11.3. The number of halogens is 1. The van der Waals surface area contributed by atoms with Gasteiger partial charge >= 0.3 is 0 Å². The number of rotatable bonds is 3. The van der Waals surface area contributed by atoms with Gasteiger partial charge in [0.2, 0.25) is 5.88 Å². The molecule has 3 nitrogen and oxygen atoms in total. The Bertz CT molecular complexity index is 1090. The minimum absolute atomic E-state index is 0.166. The second-order valence-electron chi connectivity index (χ2n) is 7.47. The fourth-order valence-corrected chi connectivity index (χ4v) is 4.68. The number of hydrogen-bond acceptors (Lipinski definition) is 3. The van der Waals surface area contributed by atoms with E-state index in [4.69, 9.17) is 4.74 Å². The lowest BCUT2D eigenvalue weighted by Crippen LogP contribution is -2.27. The normalized spacial score (nSPS) is 18.0. The van der Waals surface area contributed by atoms with E-state index in [-0.39, 0.29) is 5.92 Å². The van der Waals surface area contributed by atoms with Gasteiger partial charge in [0.15, 0.2) is 0 Å². The first-order valence-corrected chi connectivity index (χ1v) is 9.91. The summed E-state index contributed by atoms with van der Waals surface area (Å²) in [6.45, 7) is 4.05. The van der Waals surface area contributed by atoms with Crippen LogP contribution in [0.4, 0.5) is 0 Å². The quantitative estimate of drug-likeness (QED) is 0.535. The Morgan fingerprint density at radius 3 is 2.78 bits per heavy atom. The molecule has 1 aliphatic carbocycles. The van der Waals surface area contributed by atoms with E-state index < -0.39 is 5.41 Å². The number of benzene rings is 2. The van der Waals surface area contributed by atoms with Crippen LogP contribution in [0.3, 0.4) is 0 Å². The van der Waals surface area contributed by atoms with Gasteiger partial charge in [-0.1, -0.05) is 34.1 Å². The molecule has 0 bridgehead atoms. The lowest BCUT2D eigenvalue weighted by molar-refractivity contribution is 0.396. The molecule has 0 fully saturated rings. The van der Waals surface area contributed by atoms with Gasteiger partial charge in [0.1, 0.15) is 0 Å². The van der Waals surface area contributed by atoms with Crippen LogP contribution in [0, 0.1) is 18.3 Å². The largest absolute Gasteiger partial charge is 0.481 e. The van der Waals surface area contributed by atoms with Crippen molar-refractivity contribution < 1.29 is 4.74 Å². The third-order valence-electron chi connectivity index (χ3n) is 5.87. The van der Waals surface area contributed by atoms with Crippen molar-refractivity contribution in [2.24, 2.45) is 0 Å². The van der Waals surface area contributed by atoms with Crippen LogP contribution in [0.2, 0.25) is 0 Å². The summed E-state index contributed by atoms with van der Waals surface area (Å²) in [5.74, 6) is 0.799. The number of nitriles is 1. The third kappa shape index (κ3) is 2.91. The minimum Gasteiger partial charge on any atom is -0.481 e. The highest BCUT2D eigenvalue weighted by atomic mass is 79.9. The van der Waals surface area contributed by atoms with E-state index in [0.29, 0.717) is 5.88 Å². The second kappa shape index (κ2) is 6.65. The number of aromatic nitrogens is 1. The number of methoxy groups -OCH3 is 1. The monoisotopic (exact) mass is 420 g/mol. The standard InChI is InChI=1S/C23H21BrN2O/c1-14-10-16-4-7-17(11-21(16)26-22(14)27-3)23(2,13-25)20-9-6-15-5-8-18(24)12-19(15)20/h4-5,7-8,10-12,20H,6,9H2,1-3H3. The van der Waals surface area contributed by atoms with E-state index >= 15 is 0 Å². The van der Waals surface area contributed by atoms with Crippen LogP contribution in [-0.2, 0) is 11.8 Å². The number of hydrogen-bond donors (Lipinski definition) is 0. The van der Waals surface area contributed by atoms with Crippen LogP contribution in [0.25, 0.3) is 10.9 Å². The molecule has 0 aliphatic heterocycles. The van der Waals surface area contributed by atoms with E-state index in [0.717, 1.165) is 39.3 Å². The van der Waals surface area contributed by atoms with Gasteiger partial charge in [0.05, 0.1) is 24.1 Å². The number of ether oxygens (including phenoxy) is 1. The third-order valence-corrected chi connectivity index (χ3v) is 6.36. The highest BCUT2D eigenvalue weighted by Crippen LogP contribution is 2.47. The van der Waals surface area contributed by atoms with Crippen LogP contribution in [0.5, 0.6) is 5.88 Å². The topological polar surface area (TPSA) is 45.9 Å². The molecule has 0 amide bonds. The molecule has 136 valence electrons. The van der Waals surface area contributed by atoms with Gasteiger partial charge in [-0.3, -0.25) is 0 Å². The zero-order valence-electron chi connectivity index (χ0n) is 15.7. The average Bonchev–Trinajstić information content (AvgIpc) is 3.10. The summed E-state index contributed by atoms with van der Waals surface area (Å²) in [7, 11) is 1.64. The Kier molecular flexibility index (Phi) is 4.44. The van der Waals surface area contributed by atoms with Gasteiger partial charge in [-0.15, -0.1) is 0 Å². The maximum Gasteiger partial charge on any atom is 0.216 e. The van der Waals surface area contributed by atoms with Crippen molar-refractivity contribution >= 4 is 26.8 Å². The number of aryl methyl sites for hydroxylation is 2. The lowest BCUT2D eigenvalue weighted by Gasteiger charge is -2.30. The molecule has 27 heavy (non-hydrogen) atoms. The van der Waals surface area contributed by atoms with Gasteiger partial charge in [-0.2, -0.15) is 5.26 Å². The van der Waals surface area contributed by atoms with E-state index in [1.807, 2.05) is 6.92 Å². The highest BCUT2D eigenvalue weighted by molar-refractivity contribution is 9.10. The van der Waals surface area contributed by atoms with E-state index in [1.165, 1.54) is 11.1 Å². The van der Waals surface area contributed by atoms with Crippen LogP contribution in [-0.4, -0.2) is 12.1 Å². The van der Waals surface area contributed by atoms with Gasteiger partial charge in [0, 0.05) is 21.3 Å². The molecular formula is C23H21BrN2O. The highest BCUT2D eigenvalue weighted by Gasteiger charge is 2.41. The molecule has 0 radical (unpaired) electrons. The zero-order chi connectivity index (χ0) is 19.2. The van der Waals surface area contributed by atoms with Gasteiger partial charge in [-0.25, -0.2) is 4.98 Å². The summed E-state index contributed by atoms with van der Waals surface area (Å²) in [4.78, 5) is 4.65. The van der Waals surface area contributed by atoms with Crippen LogP contribution >= 0.6 is 15.9 Å². The summed E-state index contributed by atoms with van der Waals surface area (Å²) < 4.78 is 6.45. The molecule has 4 rings (SSSR count).